The second-order valence-electron chi connectivity index (χ2n) is 9.72. The Bertz CT molecular complexity index is 1130. The fourth-order valence-corrected chi connectivity index (χ4v) is 8.38. The molecule has 2 aromatic rings. The molecular weight excluding hydrogens is 498 g/mol. The molecule has 36 heavy (non-hydrogen) atoms. The van der Waals surface area contributed by atoms with Crippen LogP contribution in [0.4, 0.5) is 5.69 Å². The van der Waals surface area contributed by atoms with Crippen molar-refractivity contribution in [3.63, 3.8) is 0 Å². The quantitative estimate of drug-likeness (QED) is 0.434. The van der Waals surface area contributed by atoms with E-state index in [0.29, 0.717) is 36.6 Å². The average molecular weight is 528 g/mol. The number of carbonyl (C=O) groups is 3. The van der Waals surface area contributed by atoms with Crippen LogP contribution in [0.25, 0.3) is 0 Å². The molecule has 3 aliphatic heterocycles. The van der Waals surface area contributed by atoms with Crippen molar-refractivity contribution in [3.8, 4) is 0 Å². The highest BCUT2D eigenvalue weighted by Crippen LogP contribution is 2.66. The number of unbranched alkanes of at least 4 members (excludes halogenated alkanes) is 1. The van der Waals surface area contributed by atoms with Crippen molar-refractivity contribution >= 4 is 46.8 Å². The van der Waals surface area contributed by atoms with Crippen LogP contribution in [0, 0.1) is 11.8 Å². The van der Waals surface area contributed by atoms with Crippen LogP contribution in [0.15, 0.2) is 54.6 Å². The van der Waals surface area contributed by atoms with Crippen molar-refractivity contribution in [2.45, 2.75) is 48.3 Å². The summed E-state index contributed by atoms with van der Waals surface area (Å²) in [6, 6.07) is 15.9. The fraction of sp³-hybridized carbons (Fsp3) is 0.444. The molecule has 9 heteroatoms. The zero-order valence-corrected chi connectivity index (χ0v) is 21.4. The van der Waals surface area contributed by atoms with E-state index >= 15 is 0 Å². The minimum atomic E-state index is -0.675. The number of nitrogens with one attached hydrogen (secondary N) is 2. The summed E-state index contributed by atoms with van der Waals surface area (Å²) in [5.74, 6) is -1.49. The lowest BCUT2D eigenvalue weighted by Gasteiger charge is -2.34. The number of aliphatic hydroxyl groups is 1. The summed E-state index contributed by atoms with van der Waals surface area (Å²) in [6.07, 6.45) is 2.65. The van der Waals surface area contributed by atoms with Crippen LogP contribution in [-0.4, -0.2) is 56.9 Å². The lowest BCUT2D eigenvalue weighted by Crippen LogP contribution is -2.51. The third-order valence-corrected chi connectivity index (χ3v) is 9.78. The summed E-state index contributed by atoms with van der Waals surface area (Å²) in [6.45, 7) is 0.807. The number of fused-ring (bicyclic) bond motifs is 1. The Balaban J connectivity index is 1.40. The third kappa shape index (κ3) is 4.51. The molecule has 3 heterocycles. The van der Waals surface area contributed by atoms with E-state index in [1.165, 1.54) is 0 Å². The maximum absolute atomic E-state index is 13.8. The number of aliphatic hydroxyl groups excluding tert-OH is 1. The second kappa shape index (κ2) is 10.4. The maximum Gasteiger partial charge on any atom is 0.248 e. The third-order valence-electron chi connectivity index (χ3n) is 7.58. The molecule has 3 saturated heterocycles. The monoisotopic (exact) mass is 527 g/mol. The van der Waals surface area contributed by atoms with Gasteiger partial charge < -0.3 is 20.6 Å². The lowest BCUT2D eigenvalue weighted by molar-refractivity contribution is -0.139. The molecule has 5 rings (SSSR count). The number of hydrogen-bond acceptors (Lipinski definition) is 5. The molecule has 2 bridgehead atoms. The van der Waals surface area contributed by atoms with E-state index in [4.69, 9.17) is 11.6 Å². The van der Waals surface area contributed by atoms with Gasteiger partial charge >= 0.3 is 0 Å². The van der Waals surface area contributed by atoms with Gasteiger partial charge in [0.15, 0.2) is 0 Å². The van der Waals surface area contributed by atoms with Crippen LogP contribution < -0.4 is 10.6 Å². The maximum atomic E-state index is 13.8. The van der Waals surface area contributed by atoms with Crippen LogP contribution in [0.2, 0.25) is 5.02 Å². The molecule has 1 spiro atoms. The predicted molar refractivity (Wildman–Crippen MR) is 141 cm³/mol. The van der Waals surface area contributed by atoms with Gasteiger partial charge in [-0.15, -0.1) is 11.8 Å². The van der Waals surface area contributed by atoms with Crippen molar-refractivity contribution in [1.29, 1.82) is 0 Å². The van der Waals surface area contributed by atoms with Crippen molar-refractivity contribution in [1.82, 2.24) is 10.2 Å². The molecule has 2 unspecified atom stereocenters. The van der Waals surface area contributed by atoms with E-state index in [0.717, 1.165) is 18.4 Å². The molecule has 2 aromatic carbocycles. The summed E-state index contributed by atoms with van der Waals surface area (Å²) in [4.78, 5) is 42.6. The molecule has 0 aromatic heterocycles. The van der Waals surface area contributed by atoms with E-state index in [2.05, 4.69) is 10.6 Å². The largest absolute Gasteiger partial charge is 0.396 e. The molecule has 3 amide bonds. The highest BCUT2D eigenvalue weighted by atomic mass is 35.5. The number of benzene rings is 2. The average Bonchev–Trinajstić information content (AvgIpc) is 3.52. The van der Waals surface area contributed by atoms with Gasteiger partial charge in [0.25, 0.3) is 0 Å². The number of likely N-dealkylation sites (tertiary alicyclic amines) is 1. The molecular formula is C27H30ClN3O4S. The molecule has 7 nitrogen and oxygen atoms in total. The molecule has 0 aliphatic carbocycles. The number of carbonyl (C=O) groups excluding carboxylic acids is 3. The zero-order chi connectivity index (χ0) is 25.3. The van der Waals surface area contributed by atoms with Crippen molar-refractivity contribution < 1.29 is 19.5 Å². The van der Waals surface area contributed by atoms with Crippen LogP contribution >= 0.6 is 23.4 Å². The Hall–Kier alpha value is -2.55. The number of rotatable bonds is 9. The van der Waals surface area contributed by atoms with Crippen molar-refractivity contribution in [2.75, 3.05) is 18.5 Å². The first-order valence-corrected chi connectivity index (χ1v) is 13.7. The number of hydrogen-bond donors (Lipinski definition) is 3. The van der Waals surface area contributed by atoms with Gasteiger partial charge in [0.05, 0.1) is 16.6 Å². The van der Waals surface area contributed by atoms with E-state index in [-0.39, 0.29) is 29.6 Å². The zero-order valence-electron chi connectivity index (χ0n) is 19.9. The topological polar surface area (TPSA) is 98.7 Å². The van der Waals surface area contributed by atoms with Gasteiger partial charge in [0, 0.05) is 35.7 Å². The molecule has 3 aliphatic rings. The minimum Gasteiger partial charge on any atom is -0.396 e. The predicted octanol–water partition coefficient (Wildman–Crippen LogP) is 3.46. The second-order valence-corrected chi connectivity index (χ2v) is 11.8. The van der Waals surface area contributed by atoms with Crippen LogP contribution in [0.3, 0.4) is 0 Å². The van der Waals surface area contributed by atoms with E-state index in [9.17, 15) is 19.5 Å². The number of anilines is 1. The molecule has 0 radical (unpaired) electrons. The van der Waals surface area contributed by atoms with Gasteiger partial charge in [0.1, 0.15) is 6.04 Å². The van der Waals surface area contributed by atoms with Gasteiger partial charge in [-0.1, -0.05) is 41.9 Å². The Labute approximate surface area is 220 Å². The van der Waals surface area contributed by atoms with E-state index < -0.39 is 22.6 Å². The normalized spacial score (nSPS) is 28.3. The van der Waals surface area contributed by atoms with Crippen molar-refractivity contribution in [2.24, 2.45) is 11.8 Å². The van der Waals surface area contributed by atoms with Gasteiger partial charge in [-0.05, 0) is 55.5 Å². The summed E-state index contributed by atoms with van der Waals surface area (Å²) >= 11 is 7.64. The molecule has 0 saturated carbocycles. The number of nitrogens with zero attached hydrogens (tertiary/aromatic N) is 1. The van der Waals surface area contributed by atoms with Gasteiger partial charge in [-0.3, -0.25) is 14.4 Å². The summed E-state index contributed by atoms with van der Waals surface area (Å²) in [5, 5.41) is 15.9. The first kappa shape index (κ1) is 25.1. The standard InChI is InChI=1S/C27H30ClN3O4S/c28-18-8-10-19(11-9-18)30-25(34)23-27-13-12-20(36-27)21(22(27)26(35)31(23)14-4-5-15-32)24(33)29-16-17-6-2-1-3-7-17/h1-3,6-11,20-23,32H,4-5,12-16H2,(H,29,33)(H,30,34)/t20-,21+,22-,23?,27?/m0/s1. The number of amides is 3. The number of thioether (sulfide) groups is 1. The Kier molecular flexibility index (Phi) is 7.28. The van der Waals surface area contributed by atoms with E-state index in [1.54, 1.807) is 40.9 Å². The first-order chi connectivity index (χ1) is 17.4. The van der Waals surface area contributed by atoms with Gasteiger partial charge in [-0.2, -0.15) is 0 Å². The smallest absolute Gasteiger partial charge is 0.248 e. The molecule has 3 N–H and O–H groups in total. The minimum absolute atomic E-state index is 0.0140. The van der Waals surface area contributed by atoms with Crippen molar-refractivity contribution in [3.05, 3.63) is 65.2 Å². The highest BCUT2D eigenvalue weighted by molar-refractivity contribution is 8.02. The Morgan fingerprint density at radius 2 is 1.83 bits per heavy atom. The van der Waals surface area contributed by atoms with Crippen LogP contribution in [0.5, 0.6) is 0 Å². The summed E-state index contributed by atoms with van der Waals surface area (Å²) in [5.41, 5.74) is 1.61. The Morgan fingerprint density at radius 3 is 2.56 bits per heavy atom. The van der Waals surface area contributed by atoms with Crippen LogP contribution in [0.1, 0.15) is 31.2 Å². The lowest BCUT2D eigenvalue weighted by atomic mass is 9.70. The SMILES string of the molecule is O=C(Nc1ccc(Cl)cc1)C1N(CCCCO)C(=O)[C@@H]2[C@H](C(=O)NCc3ccccc3)[C@@H]3CCC12S3. The summed E-state index contributed by atoms with van der Waals surface area (Å²) in [7, 11) is 0. The van der Waals surface area contributed by atoms with Gasteiger partial charge in [-0.25, -0.2) is 0 Å². The van der Waals surface area contributed by atoms with E-state index in [1.807, 2.05) is 30.3 Å². The highest BCUT2D eigenvalue weighted by Gasteiger charge is 2.73. The fourth-order valence-electron chi connectivity index (χ4n) is 6.03. The van der Waals surface area contributed by atoms with Crippen LogP contribution in [-0.2, 0) is 20.9 Å². The Morgan fingerprint density at radius 1 is 1.08 bits per heavy atom. The molecule has 3 fully saturated rings. The molecule has 5 atom stereocenters. The summed E-state index contributed by atoms with van der Waals surface area (Å²) < 4.78 is -0.633. The number of halogens is 1. The first-order valence-electron chi connectivity index (χ1n) is 12.4. The molecule has 190 valence electrons. The van der Waals surface area contributed by atoms with Gasteiger partial charge in [0.2, 0.25) is 17.7 Å².